The van der Waals surface area contributed by atoms with Crippen LogP contribution < -0.4 is 0 Å². The van der Waals surface area contributed by atoms with Gasteiger partial charge in [0, 0.05) is 24.6 Å². The lowest BCUT2D eigenvalue weighted by Gasteiger charge is -2.24. The number of benzene rings is 2. The third-order valence-corrected chi connectivity index (χ3v) is 5.63. The summed E-state index contributed by atoms with van der Waals surface area (Å²) in [5.74, 6) is 0.188. The number of hydrogen-bond acceptors (Lipinski definition) is 6. The molecule has 0 radical (unpaired) electrons. The molecule has 4 rings (SSSR count). The Balaban J connectivity index is 1.96. The number of tetrazole rings is 1. The number of esters is 1. The molecule has 164 valence electrons. The molecule has 2 atom stereocenters. The fraction of sp³-hybridized carbons (Fsp3) is 0.280. The summed E-state index contributed by atoms with van der Waals surface area (Å²) in [4.78, 5) is 11.8. The van der Waals surface area contributed by atoms with Crippen molar-refractivity contribution < 1.29 is 14.6 Å². The van der Waals surface area contributed by atoms with Gasteiger partial charge in [-0.25, -0.2) is 4.68 Å². The molecule has 1 saturated heterocycles. The Morgan fingerprint density at radius 2 is 1.72 bits per heavy atom. The molecule has 1 N–H and O–H groups in total. The Kier molecular flexibility index (Phi) is 6.28. The van der Waals surface area contributed by atoms with E-state index >= 15 is 0 Å². The van der Waals surface area contributed by atoms with Crippen molar-refractivity contribution in [1.82, 2.24) is 20.2 Å². The molecule has 1 aromatic heterocycles. The number of hydrogen-bond donors (Lipinski definition) is 1. The fourth-order valence-corrected chi connectivity index (χ4v) is 4.00. The van der Waals surface area contributed by atoms with E-state index in [2.05, 4.69) is 53.6 Å². The lowest BCUT2D eigenvalue weighted by Crippen LogP contribution is -2.31. The molecule has 7 heteroatoms. The lowest BCUT2D eigenvalue weighted by atomic mass is 9.87. The first-order valence-corrected chi connectivity index (χ1v) is 10.6. The first-order valence-electron chi connectivity index (χ1n) is 10.6. The second kappa shape index (κ2) is 9.28. The summed E-state index contributed by atoms with van der Waals surface area (Å²) in [7, 11) is 1.79. The first kappa shape index (κ1) is 21.6. The molecule has 1 fully saturated rings. The van der Waals surface area contributed by atoms with Gasteiger partial charge in [-0.1, -0.05) is 54.6 Å². The van der Waals surface area contributed by atoms with E-state index in [4.69, 9.17) is 4.74 Å². The molecule has 0 spiro atoms. The third-order valence-electron chi connectivity index (χ3n) is 5.63. The Hall–Kier alpha value is -3.58. The molecule has 7 nitrogen and oxygen atoms in total. The number of nitrogens with zero attached hydrogens (tertiary/aromatic N) is 4. The molecule has 32 heavy (non-hydrogen) atoms. The molecular formula is C25H26N4O3. The highest BCUT2D eigenvalue weighted by atomic mass is 16.5. The van der Waals surface area contributed by atoms with Crippen molar-refractivity contribution >= 4 is 17.1 Å². The number of aromatic nitrogens is 4. The second-order valence-corrected chi connectivity index (χ2v) is 8.03. The van der Waals surface area contributed by atoms with Gasteiger partial charge in [0.1, 0.15) is 6.10 Å². The number of aliphatic hydroxyl groups excluding tert-OH is 1. The van der Waals surface area contributed by atoms with Crippen LogP contribution in [0, 0.1) is 13.8 Å². The zero-order valence-corrected chi connectivity index (χ0v) is 18.4. The molecule has 2 aromatic carbocycles. The van der Waals surface area contributed by atoms with Crippen LogP contribution in [0.2, 0.25) is 0 Å². The van der Waals surface area contributed by atoms with E-state index in [1.165, 1.54) is 0 Å². The van der Waals surface area contributed by atoms with Gasteiger partial charge in [-0.05, 0) is 52.6 Å². The first-order chi connectivity index (χ1) is 15.4. The van der Waals surface area contributed by atoms with E-state index in [1.54, 1.807) is 17.8 Å². The number of allylic oxidation sites excluding steroid dienone is 2. The zero-order chi connectivity index (χ0) is 22.7. The fourth-order valence-electron chi connectivity index (χ4n) is 4.00. The standard InChI is InChI=1S/C25H26N4O3/c1-16-8-4-6-10-20(16)24(21-11-7-5-9-17(21)2)22(25-26-27-28-29(25)3)13-12-19-14-18(30)15-23(31)32-19/h4-13,18-19,30H,14-15H2,1-3H3/t18-,19-/m1/s1. The molecule has 0 aliphatic carbocycles. The number of carbonyl (C=O) groups is 1. The maximum atomic E-state index is 11.8. The summed E-state index contributed by atoms with van der Waals surface area (Å²) in [6, 6.07) is 16.4. The Labute approximate surface area is 187 Å². The summed E-state index contributed by atoms with van der Waals surface area (Å²) < 4.78 is 7.05. The smallest absolute Gasteiger partial charge is 0.309 e. The molecule has 0 amide bonds. The summed E-state index contributed by atoms with van der Waals surface area (Å²) in [5, 5.41) is 22.2. The number of aliphatic hydroxyl groups is 1. The van der Waals surface area contributed by atoms with Crippen LogP contribution in [0.3, 0.4) is 0 Å². The van der Waals surface area contributed by atoms with Crippen molar-refractivity contribution in [1.29, 1.82) is 0 Å². The van der Waals surface area contributed by atoms with Crippen LogP contribution in [-0.4, -0.2) is 43.5 Å². The van der Waals surface area contributed by atoms with Crippen LogP contribution in [-0.2, 0) is 16.6 Å². The monoisotopic (exact) mass is 430 g/mol. The van der Waals surface area contributed by atoms with Gasteiger partial charge in [0.25, 0.3) is 0 Å². The average Bonchev–Trinajstić information content (AvgIpc) is 3.18. The van der Waals surface area contributed by atoms with Crippen LogP contribution >= 0.6 is 0 Å². The maximum absolute atomic E-state index is 11.8. The molecule has 0 unspecified atom stereocenters. The normalized spacial score (nSPS) is 18.6. The lowest BCUT2D eigenvalue weighted by molar-refractivity contribution is -0.156. The van der Waals surface area contributed by atoms with Crippen molar-refractivity contribution in [2.75, 3.05) is 0 Å². The summed E-state index contributed by atoms with van der Waals surface area (Å²) in [5.41, 5.74) is 6.14. The number of aryl methyl sites for hydroxylation is 3. The van der Waals surface area contributed by atoms with Crippen LogP contribution in [0.1, 0.15) is 40.9 Å². The maximum Gasteiger partial charge on any atom is 0.309 e. The summed E-state index contributed by atoms with van der Waals surface area (Å²) >= 11 is 0. The highest BCUT2D eigenvalue weighted by Gasteiger charge is 2.26. The van der Waals surface area contributed by atoms with Crippen LogP contribution in [0.15, 0.2) is 60.7 Å². The van der Waals surface area contributed by atoms with Gasteiger partial charge < -0.3 is 9.84 Å². The molecular weight excluding hydrogens is 404 g/mol. The van der Waals surface area contributed by atoms with Crippen LogP contribution in [0.25, 0.3) is 11.1 Å². The minimum absolute atomic E-state index is 0.0257. The van der Waals surface area contributed by atoms with Gasteiger partial charge in [0.15, 0.2) is 5.82 Å². The van der Waals surface area contributed by atoms with Crippen LogP contribution in [0.5, 0.6) is 0 Å². The SMILES string of the molecule is Cc1ccccc1C(=C(C=C[C@@H]1C[C@@H](O)CC(=O)O1)c1nnnn1C)c1ccccc1C. The predicted octanol–water partition coefficient (Wildman–Crippen LogP) is 3.41. The van der Waals surface area contributed by atoms with Crippen molar-refractivity contribution in [2.45, 2.75) is 38.9 Å². The average molecular weight is 431 g/mol. The quantitative estimate of drug-likeness (QED) is 0.493. The van der Waals surface area contributed by atoms with E-state index in [1.807, 2.05) is 30.3 Å². The van der Waals surface area contributed by atoms with E-state index in [0.717, 1.165) is 33.4 Å². The third kappa shape index (κ3) is 4.53. The highest BCUT2D eigenvalue weighted by molar-refractivity contribution is 6.02. The molecule has 2 heterocycles. The van der Waals surface area contributed by atoms with Gasteiger partial charge >= 0.3 is 5.97 Å². The van der Waals surface area contributed by atoms with Crippen molar-refractivity contribution in [3.63, 3.8) is 0 Å². The Bertz CT molecular complexity index is 1150. The minimum Gasteiger partial charge on any atom is -0.458 e. The summed E-state index contributed by atoms with van der Waals surface area (Å²) in [6.45, 7) is 4.15. The summed E-state index contributed by atoms with van der Waals surface area (Å²) in [6.07, 6.45) is 2.87. The van der Waals surface area contributed by atoms with Crippen molar-refractivity contribution in [2.24, 2.45) is 7.05 Å². The van der Waals surface area contributed by atoms with Gasteiger partial charge in [-0.2, -0.15) is 0 Å². The number of cyclic esters (lactones) is 1. The highest BCUT2D eigenvalue weighted by Crippen LogP contribution is 2.35. The largest absolute Gasteiger partial charge is 0.458 e. The van der Waals surface area contributed by atoms with E-state index in [9.17, 15) is 9.90 Å². The molecule has 0 saturated carbocycles. The van der Waals surface area contributed by atoms with Crippen molar-refractivity contribution in [3.8, 4) is 0 Å². The topological polar surface area (TPSA) is 90.1 Å². The zero-order valence-electron chi connectivity index (χ0n) is 18.4. The van der Waals surface area contributed by atoms with E-state index < -0.39 is 18.2 Å². The molecule has 0 bridgehead atoms. The second-order valence-electron chi connectivity index (χ2n) is 8.03. The Morgan fingerprint density at radius 1 is 1.09 bits per heavy atom. The van der Waals surface area contributed by atoms with E-state index in [0.29, 0.717) is 12.2 Å². The number of ether oxygens (including phenoxy) is 1. The van der Waals surface area contributed by atoms with Crippen molar-refractivity contribution in [3.05, 3.63) is 88.8 Å². The number of rotatable bonds is 5. The van der Waals surface area contributed by atoms with Crippen LogP contribution in [0.4, 0.5) is 0 Å². The molecule has 3 aromatic rings. The Morgan fingerprint density at radius 3 is 2.25 bits per heavy atom. The molecule has 1 aliphatic rings. The van der Waals surface area contributed by atoms with Gasteiger partial charge in [-0.15, -0.1) is 5.10 Å². The van der Waals surface area contributed by atoms with Gasteiger partial charge in [-0.3, -0.25) is 4.79 Å². The predicted molar refractivity (Wildman–Crippen MR) is 121 cm³/mol. The van der Waals surface area contributed by atoms with E-state index in [-0.39, 0.29) is 6.42 Å². The minimum atomic E-state index is -0.706. The van der Waals surface area contributed by atoms with Gasteiger partial charge in [0.2, 0.25) is 0 Å². The molecule has 1 aliphatic heterocycles. The van der Waals surface area contributed by atoms with Gasteiger partial charge in [0.05, 0.1) is 12.5 Å². The number of carbonyl (C=O) groups excluding carboxylic acids is 1.